The molecule has 22 heavy (non-hydrogen) atoms. The van der Waals surface area contributed by atoms with Crippen molar-refractivity contribution in [3.8, 4) is 0 Å². The average Bonchev–Trinajstić information content (AvgIpc) is 2.47. The number of primary amides is 1. The molecule has 1 heterocycles. The molecule has 0 aliphatic heterocycles. The van der Waals surface area contributed by atoms with Gasteiger partial charge in [0.1, 0.15) is 0 Å². The van der Waals surface area contributed by atoms with E-state index in [1.165, 1.54) is 5.56 Å². The van der Waals surface area contributed by atoms with Crippen LogP contribution in [0.25, 0.3) is 0 Å². The van der Waals surface area contributed by atoms with Gasteiger partial charge in [0.2, 0.25) is 0 Å². The highest BCUT2D eigenvalue weighted by molar-refractivity contribution is 6.30. The third-order valence-electron chi connectivity index (χ3n) is 3.47. The van der Waals surface area contributed by atoms with E-state index in [1.54, 1.807) is 0 Å². The molecule has 0 unspecified atom stereocenters. The molecule has 1 amide bonds. The Balaban J connectivity index is 2.42. The van der Waals surface area contributed by atoms with E-state index in [4.69, 9.17) is 17.3 Å². The number of aromatic nitrogens is 2. The van der Waals surface area contributed by atoms with Gasteiger partial charge in [-0.25, -0.2) is 9.97 Å². The fraction of sp³-hybridized carbons (Fsp3) is 0.312. The molecule has 0 atom stereocenters. The molecule has 116 valence electrons. The highest BCUT2D eigenvalue weighted by atomic mass is 35.5. The third kappa shape index (κ3) is 3.36. The molecule has 0 saturated heterocycles. The van der Waals surface area contributed by atoms with Crippen LogP contribution in [0.15, 0.2) is 18.2 Å². The molecule has 0 fully saturated rings. The zero-order chi connectivity index (χ0) is 16.3. The van der Waals surface area contributed by atoms with Gasteiger partial charge >= 0.3 is 0 Å². The number of carbonyl (C=O) groups is 1. The summed E-state index contributed by atoms with van der Waals surface area (Å²) in [5.41, 5.74) is 9.29. The van der Waals surface area contributed by atoms with Crippen LogP contribution < -0.4 is 11.1 Å². The van der Waals surface area contributed by atoms with Crippen molar-refractivity contribution in [2.45, 2.75) is 33.6 Å². The second-order valence-electron chi connectivity index (χ2n) is 5.00. The maximum absolute atomic E-state index is 11.6. The number of benzene rings is 1. The molecule has 3 N–H and O–H groups in total. The standard InChI is InChI=1S/C16H19ClN4O/c1-4-10-6-7-11(8-9(10)3)19-16-13(15(18)22)20-12(5-2)14(17)21-16/h6-8H,4-5H2,1-3H3,(H2,18,22)(H,19,21). The Labute approximate surface area is 134 Å². The topological polar surface area (TPSA) is 80.9 Å². The Morgan fingerprint density at radius 1 is 1.27 bits per heavy atom. The van der Waals surface area contributed by atoms with Gasteiger partial charge in [-0.05, 0) is 43.0 Å². The number of hydrogen-bond acceptors (Lipinski definition) is 4. The Hall–Kier alpha value is -2.14. The van der Waals surface area contributed by atoms with E-state index >= 15 is 0 Å². The summed E-state index contributed by atoms with van der Waals surface area (Å²) in [6.07, 6.45) is 1.55. The normalized spacial score (nSPS) is 10.5. The smallest absolute Gasteiger partial charge is 0.271 e. The molecule has 2 aromatic rings. The molecular formula is C16H19ClN4O. The lowest BCUT2D eigenvalue weighted by atomic mass is 10.1. The van der Waals surface area contributed by atoms with E-state index < -0.39 is 5.91 Å². The van der Waals surface area contributed by atoms with Crippen LogP contribution in [0.1, 0.15) is 41.2 Å². The predicted octanol–water partition coefficient (Wildman–Crippen LogP) is 3.41. The molecule has 0 aliphatic rings. The van der Waals surface area contributed by atoms with Crippen LogP contribution in [0, 0.1) is 6.92 Å². The maximum Gasteiger partial charge on any atom is 0.271 e. The molecular weight excluding hydrogens is 300 g/mol. The van der Waals surface area contributed by atoms with Gasteiger partial charge in [-0.15, -0.1) is 0 Å². The summed E-state index contributed by atoms with van der Waals surface area (Å²) in [4.78, 5) is 20.0. The van der Waals surface area contributed by atoms with Gasteiger partial charge in [-0.2, -0.15) is 0 Å². The first-order valence-corrected chi connectivity index (χ1v) is 7.56. The molecule has 0 saturated carbocycles. The minimum absolute atomic E-state index is 0.0958. The van der Waals surface area contributed by atoms with Crippen molar-refractivity contribution in [3.05, 3.63) is 45.9 Å². The number of carbonyl (C=O) groups excluding carboxylic acids is 1. The minimum atomic E-state index is -0.636. The number of nitrogens with zero attached hydrogens (tertiary/aromatic N) is 2. The van der Waals surface area contributed by atoms with Crippen LogP contribution in [0.5, 0.6) is 0 Å². The van der Waals surface area contributed by atoms with Crippen LogP contribution >= 0.6 is 11.6 Å². The van der Waals surface area contributed by atoms with E-state index in [-0.39, 0.29) is 16.7 Å². The summed E-state index contributed by atoms with van der Waals surface area (Å²) in [5, 5.41) is 3.35. The Bertz CT molecular complexity index is 716. The largest absolute Gasteiger partial charge is 0.364 e. The van der Waals surface area contributed by atoms with E-state index in [0.29, 0.717) is 12.1 Å². The van der Waals surface area contributed by atoms with Gasteiger partial charge in [-0.1, -0.05) is 31.5 Å². The average molecular weight is 319 g/mol. The van der Waals surface area contributed by atoms with Gasteiger partial charge in [0.15, 0.2) is 16.7 Å². The van der Waals surface area contributed by atoms with Crippen molar-refractivity contribution in [2.24, 2.45) is 5.73 Å². The van der Waals surface area contributed by atoms with Gasteiger partial charge in [0.25, 0.3) is 5.91 Å². The quantitative estimate of drug-likeness (QED) is 0.885. The summed E-state index contributed by atoms with van der Waals surface area (Å²) in [7, 11) is 0. The van der Waals surface area contributed by atoms with Crippen molar-refractivity contribution in [3.63, 3.8) is 0 Å². The molecule has 0 bridgehead atoms. The predicted molar refractivity (Wildman–Crippen MR) is 88.8 cm³/mol. The third-order valence-corrected chi connectivity index (χ3v) is 3.78. The van der Waals surface area contributed by atoms with Crippen LogP contribution in [-0.2, 0) is 12.8 Å². The molecule has 6 heteroatoms. The number of rotatable bonds is 5. The first-order chi connectivity index (χ1) is 10.5. The number of halogens is 1. The SMILES string of the molecule is CCc1ccc(Nc2nc(Cl)c(CC)nc2C(N)=O)cc1C. The number of aryl methyl sites for hydroxylation is 3. The Morgan fingerprint density at radius 2 is 2.00 bits per heavy atom. The summed E-state index contributed by atoms with van der Waals surface area (Å²) in [5.74, 6) is -0.360. The Morgan fingerprint density at radius 3 is 2.55 bits per heavy atom. The number of amides is 1. The summed E-state index contributed by atoms with van der Waals surface area (Å²) < 4.78 is 0. The zero-order valence-electron chi connectivity index (χ0n) is 12.9. The fourth-order valence-corrected chi connectivity index (χ4v) is 2.50. The van der Waals surface area contributed by atoms with Crippen molar-refractivity contribution in [2.75, 3.05) is 5.32 Å². The fourth-order valence-electron chi connectivity index (χ4n) is 2.24. The molecule has 0 radical (unpaired) electrons. The van der Waals surface area contributed by atoms with E-state index in [0.717, 1.165) is 17.7 Å². The van der Waals surface area contributed by atoms with Crippen LogP contribution in [0.2, 0.25) is 5.15 Å². The monoisotopic (exact) mass is 318 g/mol. The van der Waals surface area contributed by atoms with Gasteiger partial charge in [0.05, 0.1) is 5.69 Å². The van der Waals surface area contributed by atoms with E-state index in [9.17, 15) is 4.79 Å². The lowest BCUT2D eigenvalue weighted by Crippen LogP contribution is -2.18. The number of nitrogens with one attached hydrogen (secondary N) is 1. The highest BCUT2D eigenvalue weighted by Crippen LogP contribution is 2.23. The van der Waals surface area contributed by atoms with Crippen LogP contribution in [-0.4, -0.2) is 15.9 Å². The van der Waals surface area contributed by atoms with Gasteiger partial charge < -0.3 is 11.1 Å². The summed E-state index contributed by atoms with van der Waals surface area (Å²) in [6.45, 7) is 6.04. The molecule has 0 spiro atoms. The Kier molecular flexibility index (Phi) is 4.98. The second kappa shape index (κ2) is 6.75. The molecule has 1 aromatic heterocycles. The van der Waals surface area contributed by atoms with E-state index in [1.807, 2.05) is 32.0 Å². The van der Waals surface area contributed by atoms with Crippen molar-refractivity contribution < 1.29 is 4.79 Å². The summed E-state index contributed by atoms with van der Waals surface area (Å²) >= 11 is 6.09. The van der Waals surface area contributed by atoms with Crippen LogP contribution in [0.3, 0.4) is 0 Å². The molecule has 5 nitrogen and oxygen atoms in total. The van der Waals surface area contributed by atoms with Gasteiger partial charge in [-0.3, -0.25) is 4.79 Å². The van der Waals surface area contributed by atoms with Crippen LogP contribution in [0.4, 0.5) is 11.5 Å². The lowest BCUT2D eigenvalue weighted by Gasteiger charge is -2.12. The lowest BCUT2D eigenvalue weighted by molar-refractivity contribution is 0.0996. The number of nitrogens with two attached hydrogens (primary N) is 1. The highest BCUT2D eigenvalue weighted by Gasteiger charge is 2.16. The van der Waals surface area contributed by atoms with Gasteiger partial charge in [0, 0.05) is 5.69 Å². The molecule has 0 aliphatic carbocycles. The molecule has 2 rings (SSSR count). The first-order valence-electron chi connectivity index (χ1n) is 7.19. The summed E-state index contributed by atoms with van der Waals surface area (Å²) in [6, 6.07) is 5.96. The second-order valence-corrected chi connectivity index (χ2v) is 5.35. The number of hydrogen-bond donors (Lipinski definition) is 2. The first kappa shape index (κ1) is 16.2. The zero-order valence-corrected chi connectivity index (χ0v) is 13.7. The van der Waals surface area contributed by atoms with Crippen molar-refractivity contribution >= 4 is 29.0 Å². The minimum Gasteiger partial charge on any atom is -0.364 e. The molecule has 1 aromatic carbocycles. The van der Waals surface area contributed by atoms with E-state index in [2.05, 4.69) is 22.2 Å². The van der Waals surface area contributed by atoms with Crippen molar-refractivity contribution in [1.82, 2.24) is 9.97 Å². The maximum atomic E-state index is 11.6. The number of anilines is 2. The van der Waals surface area contributed by atoms with Crippen molar-refractivity contribution in [1.29, 1.82) is 0 Å².